The van der Waals surface area contributed by atoms with Gasteiger partial charge < -0.3 is 9.80 Å². The second kappa shape index (κ2) is 8.17. The minimum absolute atomic E-state index is 0.0208. The van der Waals surface area contributed by atoms with Gasteiger partial charge in [0.25, 0.3) is 11.8 Å². The number of hydrogen-bond acceptors (Lipinski definition) is 2. The molecule has 0 radical (unpaired) electrons. The van der Waals surface area contributed by atoms with Gasteiger partial charge in [-0.3, -0.25) is 9.59 Å². The SMILES string of the molecule is CCC1CCCCN1C(=O)c1cccc(C(=O)N2CCCc3ccccc32)c1. The van der Waals surface area contributed by atoms with Crippen LogP contribution in [0.2, 0.25) is 0 Å². The van der Waals surface area contributed by atoms with Crippen molar-refractivity contribution in [2.24, 2.45) is 0 Å². The zero-order valence-corrected chi connectivity index (χ0v) is 16.6. The lowest BCUT2D eigenvalue weighted by atomic mass is 9.98. The molecular formula is C24H28N2O2. The Kier molecular flexibility index (Phi) is 5.47. The Hall–Kier alpha value is -2.62. The molecule has 2 amide bonds. The Bertz CT molecular complexity index is 876. The molecule has 2 aliphatic heterocycles. The number of aryl methyl sites for hydroxylation is 1. The van der Waals surface area contributed by atoms with E-state index in [1.807, 2.05) is 46.2 Å². The zero-order chi connectivity index (χ0) is 19.5. The minimum Gasteiger partial charge on any atom is -0.336 e. The highest BCUT2D eigenvalue weighted by atomic mass is 16.2. The Morgan fingerprint density at radius 3 is 2.54 bits per heavy atom. The molecule has 0 N–H and O–H groups in total. The van der Waals surface area contributed by atoms with Crippen molar-refractivity contribution in [2.75, 3.05) is 18.0 Å². The van der Waals surface area contributed by atoms with Crippen LogP contribution >= 0.6 is 0 Å². The van der Waals surface area contributed by atoms with Gasteiger partial charge in [0.05, 0.1) is 0 Å². The van der Waals surface area contributed by atoms with Gasteiger partial charge in [-0.2, -0.15) is 0 Å². The lowest BCUT2D eigenvalue weighted by molar-refractivity contribution is 0.0608. The fourth-order valence-corrected chi connectivity index (χ4v) is 4.54. The molecule has 0 bridgehead atoms. The second-order valence-corrected chi connectivity index (χ2v) is 7.83. The molecule has 0 saturated carbocycles. The van der Waals surface area contributed by atoms with Gasteiger partial charge in [-0.15, -0.1) is 0 Å². The van der Waals surface area contributed by atoms with E-state index in [2.05, 4.69) is 13.0 Å². The molecule has 2 aromatic rings. The number of nitrogens with zero attached hydrogens (tertiary/aromatic N) is 2. The molecule has 28 heavy (non-hydrogen) atoms. The van der Waals surface area contributed by atoms with E-state index in [4.69, 9.17) is 0 Å². The zero-order valence-electron chi connectivity index (χ0n) is 16.6. The van der Waals surface area contributed by atoms with E-state index >= 15 is 0 Å². The Balaban J connectivity index is 1.59. The third-order valence-electron chi connectivity index (χ3n) is 6.07. The highest BCUT2D eigenvalue weighted by Gasteiger charge is 2.28. The number of likely N-dealkylation sites (tertiary alicyclic amines) is 1. The summed E-state index contributed by atoms with van der Waals surface area (Å²) in [7, 11) is 0. The van der Waals surface area contributed by atoms with Crippen molar-refractivity contribution in [1.29, 1.82) is 0 Å². The first-order valence-electron chi connectivity index (χ1n) is 10.5. The molecule has 4 heteroatoms. The third kappa shape index (κ3) is 3.56. The summed E-state index contributed by atoms with van der Waals surface area (Å²) in [6.45, 7) is 3.68. The lowest BCUT2D eigenvalue weighted by Gasteiger charge is -2.35. The van der Waals surface area contributed by atoms with Crippen LogP contribution in [0.1, 0.15) is 65.3 Å². The van der Waals surface area contributed by atoms with Crippen LogP contribution in [-0.2, 0) is 6.42 Å². The highest BCUT2D eigenvalue weighted by molar-refractivity contribution is 6.08. The number of carbonyl (C=O) groups is 2. The lowest BCUT2D eigenvalue weighted by Crippen LogP contribution is -2.43. The standard InChI is InChI=1S/C24H28N2O2/c1-2-21-13-5-6-15-25(21)23(27)19-10-7-11-20(17-19)24(28)26-16-8-12-18-9-3-4-14-22(18)26/h3-4,7,9-11,14,17,21H,2,5-6,8,12-13,15-16H2,1H3. The molecule has 1 unspecified atom stereocenters. The molecule has 146 valence electrons. The van der Waals surface area contributed by atoms with Crippen molar-refractivity contribution in [3.63, 3.8) is 0 Å². The van der Waals surface area contributed by atoms with Crippen LogP contribution in [0.25, 0.3) is 0 Å². The van der Waals surface area contributed by atoms with Gasteiger partial charge in [0.1, 0.15) is 0 Å². The first kappa shape index (κ1) is 18.7. The topological polar surface area (TPSA) is 40.6 Å². The maximum Gasteiger partial charge on any atom is 0.258 e. The van der Waals surface area contributed by atoms with E-state index in [1.54, 1.807) is 6.07 Å². The van der Waals surface area contributed by atoms with Crippen molar-refractivity contribution in [1.82, 2.24) is 4.90 Å². The summed E-state index contributed by atoms with van der Waals surface area (Å²) in [6, 6.07) is 15.7. The highest BCUT2D eigenvalue weighted by Crippen LogP contribution is 2.28. The molecule has 1 atom stereocenters. The molecule has 0 aromatic heterocycles. The number of anilines is 1. The Labute approximate surface area is 167 Å². The maximum absolute atomic E-state index is 13.2. The van der Waals surface area contributed by atoms with Gasteiger partial charge >= 0.3 is 0 Å². The summed E-state index contributed by atoms with van der Waals surface area (Å²) in [5, 5.41) is 0. The predicted octanol–water partition coefficient (Wildman–Crippen LogP) is 4.68. The van der Waals surface area contributed by atoms with Crippen LogP contribution in [0.5, 0.6) is 0 Å². The average Bonchev–Trinajstić information content (AvgIpc) is 2.77. The number of piperidine rings is 1. The van der Waals surface area contributed by atoms with E-state index in [-0.39, 0.29) is 11.8 Å². The predicted molar refractivity (Wildman–Crippen MR) is 112 cm³/mol. The van der Waals surface area contributed by atoms with Gasteiger partial charge in [-0.05, 0) is 68.4 Å². The van der Waals surface area contributed by atoms with Crippen molar-refractivity contribution in [3.8, 4) is 0 Å². The van der Waals surface area contributed by atoms with E-state index < -0.39 is 0 Å². The van der Waals surface area contributed by atoms with E-state index in [9.17, 15) is 9.59 Å². The van der Waals surface area contributed by atoms with E-state index in [0.717, 1.165) is 50.9 Å². The molecule has 0 aliphatic carbocycles. The molecule has 1 fully saturated rings. The van der Waals surface area contributed by atoms with Crippen molar-refractivity contribution in [3.05, 3.63) is 65.2 Å². The molecule has 2 heterocycles. The number of amides is 2. The molecule has 1 saturated heterocycles. The summed E-state index contributed by atoms with van der Waals surface area (Å²) in [5.41, 5.74) is 3.43. The van der Waals surface area contributed by atoms with Gasteiger partial charge in [0.15, 0.2) is 0 Å². The Morgan fingerprint density at radius 2 is 1.71 bits per heavy atom. The van der Waals surface area contributed by atoms with Crippen LogP contribution in [0.4, 0.5) is 5.69 Å². The van der Waals surface area contributed by atoms with Crippen molar-refractivity contribution < 1.29 is 9.59 Å². The monoisotopic (exact) mass is 376 g/mol. The summed E-state index contributed by atoms with van der Waals surface area (Å²) in [5.74, 6) is 0.0349. The number of fused-ring (bicyclic) bond motifs is 1. The third-order valence-corrected chi connectivity index (χ3v) is 6.07. The molecule has 0 spiro atoms. The quantitative estimate of drug-likeness (QED) is 0.780. The number of hydrogen-bond donors (Lipinski definition) is 0. The van der Waals surface area contributed by atoms with Crippen LogP contribution in [0.15, 0.2) is 48.5 Å². The number of carbonyl (C=O) groups excluding carboxylic acids is 2. The minimum atomic E-state index is -0.0208. The van der Waals surface area contributed by atoms with Crippen molar-refractivity contribution >= 4 is 17.5 Å². The van der Waals surface area contributed by atoms with Gasteiger partial charge in [0, 0.05) is 35.9 Å². The molecule has 4 nitrogen and oxygen atoms in total. The number of rotatable bonds is 3. The summed E-state index contributed by atoms with van der Waals surface area (Å²) in [4.78, 5) is 30.2. The summed E-state index contributed by atoms with van der Waals surface area (Å²) >= 11 is 0. The van der Waals surface area contributed by atoms with Crippen LogP contribution < -0.4 is 4.90 Å². The van der Waals surface area contributed by atoms with Gasteiger partial charge in [0.2, 0.25) is 0 Å². The average molecular weight is 377 g/mol. The largest absolute Gasteiger partial charge is 0.336 e. The number of para-hydroxylation sites is 1. The first-order valence-corrected chi connectivity index (χ1v) is 10.5. The van der Waals surface area contributed by atoms with E-state index in [1.165, 1.54) is 12.0 Å². The van der Waals surface area contributed by atoms with Crippen LogP contribution in [-0.4, -0.2) is 35.8 Å². The first-order chi connectivity index (χ1) is 13.7. The molecule has 4 rings (SSSR count). The number of benzene rings is 2. The Morgan fingerprint density at radius 1 is 0.929 bits per heavy atom. The van der Waals surface area contributed by atoms with Crippen LogP contribution in [0, 0.1) is 0 Å². The summed E-state index contributed by atoms with van der Waals surface area (Å²) in [6.07, 6.45) is 6.28. The maximum atomic E-state index is 13.2. The van der Waals surface area contributed by atoms with E-state index in [0.29, 0.717) is 17.2 Å². The normalized spacial score (nSPS) is 19.2. The second-order valence-electron chi connectivity index (χ2n) is 7.83. The van der Waals surface area contributed by atoms with Gasteiger partial charge in [-0.1, -0.05) is 31.2 Å². The molecular weight excluding hydrogens is 348 g/mol. The smallest absolute Gasteiger partial charge is 0.258 e. The molecule has 2 aromatic carbocycles. The van der Waals surface area contributed by atoms with Crippen molar-refractivity contribution in [2.45, 2.75) is 51.5 Å². The molecule has 2 aliphatic rings. The van der Waals surface area contributed by atoms with Crippen LogP contribution in [0.3, 0.4) is 0 Å². The fourth-order valence-electron chi connectivity index (χ4n) is 4.54. The summed E-state index contributed by atoms with van der Waals surface area (Å²) < 4.78 is 0. The fraction of sp³-hybridized carbons (Fsp3) is 0.417. The van der Waals surface area contributed by atoms with Gasteiger partial charge in [-0.25, -0.2) is 0 Å².